The second kappa shape index (κ2) is 2.64. The second-order valence-corrected chi connectivity index (χ2v) is 3.58. The molecule has 0 bridgehead atoms. The van der Waals surface area contributed by atoms with Gasteiger partial charge in [0, 0.05) is 0 Å². The molecule has 52 valence electrons. The molecule has 1 rings (SSSR count). The van der Waals surface area contributed by atoms with Crippen molar-refractivity contribution in [2.75, 3.05) is 0 Å². The molecule has 9 heavy (non-hydrogen) atoms. The van der Waals surface area contributed by atoms with Crippen LogP contribution in [0.25, 0.3) is 0 Å². The molecule has 0 nitrogen and oxygen atoms in total. The molecule has 0 heterocycles. The van der Waals surface area contributed by atoms with Crippen molar-refractivity contribution in [2.45, 2.75) is 33.6 Å². The fourth-order valence-electron chi connectivity index (χ4n) is 1.59. The van der Waals surface area contributed by atoms with Crippen molar-refractivity contribution in [3.05, 3.63) is 6.42 Å². The predicted octanol–water partition coefficient (Wildman–Crippen LogP) is 2.89. The summed E-state index contributed by atoms with van der Waals surface area (Å²) in [5, 5.41) is 0. The van der Waals surface area contributed by atoms with Gasteiger partial charge in [0.1, 0.15) is 0 Å². The highest BCUT2D eigenvalue weighted by molar-refractivity contribution is 4.86. The zero-order valence-corrected chi connectivity index (χ0v) is 6.72. The van der Waals surface area contributed by atoms with Gasteiger partial charge in [-0.2, -0.15) is 0 Å². The van der Waals surface area contributed by atoms with Gasteiger partial charge in [0.25, 0.3) is 0 Å². The molecule has 1 saturated carbocycles. The molecule has 0 aliphatic heterocycles. The Labute approximate surface area is 58.7 Å². The van der Waals surface area contributed by atoms with E-state index in [1.165, 1.54) is 12.8 Å². The van der Waals surface area contributed by atoms with Gasteiger partial charge in [0.2, 0.25) is 0 Å². The molecule has 0 aromatic carbocycles. The molecule has 1 fully saturated rings. The van der Waals surface area contributed by atoms with E-state index in [2.05, 4.69) is 27.2 Å². The minimum Gasteiger partial charge on any atom is -0.0582 e. The summed E-state index contributed by atoms with van der Waals surface area (Å²) >= 11 is 0. The molecule has 0 saturated heterocycles. The number of rotatable bonds is 0. The summed E-state index contributed by atoms with van der Waals surface area (Å²) in [4.78, 5) is 0. The second-order valence-electron chi connectivity index (χ2n) is 3.58. The fraction of sp³-hybridized carbons (Fsp3) is 0.889. The lowest BCUT2D eigenvalue weighted by Gasteiger charge is -2.21. The third-order valence-corrected chi connectivity index (χ3v) is 2.61. The maximum Gasteiger partial charge on any atom is 0.0977 e. The van der Waals surface area contributed by atoms with Crippen LogP contribution in [0.2, 0.25) is 0 Å². The van der Waals surface area contributed by atoms with Crippen LogP contribution < -0.4 is 0 Å². The monoisotopic (exact) mass is 125 g/mol. The van der Waals surface area contributed by atoms with Crippen LogP contribution in [0.4, 0.5) is 0 Å². The maximum absolute atomic E-state index is 2.49. The summed E-state index contributed by atoms with van der Waals surface area (Å²) in [6.07, 6.45) is 5.33. The van der Waals surface area contributed by atoms with E-state index < -0.39 is 0 Å². The highest BCUT2D eigenvalue weighted by Gasteiger charge is 2.29. The van der Waals surface area contributed by atoms with E-state index in [-0.39, 0.29) is 0 Å². The van der Waals surface area contributed by atoms with Gasteiger partial charge in [0.05, 0.1) is 18.3 Å². The van der Waals surface area contributed by atoms with Gasteiger partial charge in [-0.15, -0.1) is 0 Å². The Morgan fingerprint density at radius 2 is 1.78 bits per heavy atom. The third kappa shape index (κ3) is 1.64. The summed E-state index contributed by atoms with van der Waals surface area (Å²) < 4.78 is 0. The lowest BCUT2D eigenvalue weighted by molar-refractivity contribution is 0.295. The molecule has 0 aromatic rings. The molecular formula is C9H17+. The van der Waals surface area contributed by atoms with Crippen molar-refractivity contribution in [1.82, 2.24) is 0 Å². The average molecular weight is 125 g/mol. The van der Waals surface area contributed by atoms with E-state index in [1.807, 2.05) is 0 Å². The van der Waals surface area contributed by atoms with E-state index in [4.69, 9.17) is 0 Å². The van der Waals surface area contributed by atoms with Crippen molar-refractivity contribution in [3.8, 4) is 0 Å². The Morgan fingerprint density at radius 3 is 2.22 bits per heavy atom. The standard InChI is InChI=1S/C9H17/c1-7-4-5-8(2)9(3)6-7/h6-9H,4-5H2,1-3H3/q+1/t7-,8?,9?/m0/s1. The molecule has 3 atom stereocenters. The van der Waals surface area contributed by atoms with Crippen molar-refractivity contribution in [1.29, 1.82) is 0 Å². The Hall–Kier alpha value is -0.130. The molecule has 1 aliphatic carbocycles. The Bertz CT molecular complexity index is 86.0. The van der Waals surface area contributed by atoms with E-state index in [0.717, 1.165) is 17.8 Å². The van der Waals surface area contributed by atoms with E-state index >= 15 is 0 Å². The quantitative estimate of drug-likeness (QED) is 0.437. The SMILES string of the molecule is CC1[CH+][C@@H](C)CCC1C. The molecule has 0 spiro atoms. The average Bonchev–Trinajstić information content (AvgIpc) is 1.80. The maximum atomic E-state index is 2.49. The molecule has 0 aromatic heterocycles. The highest BCUT2D eigenvalue weighted by atomic mass is 14.3. The zero-order chi connectivity index (χ0) is 6.85. The Kier molecular flexibility index (Phi) is 2.05. The van der Waals surface area contributed by atoms with Gasteiger partial charge >= 0.3 is 0 Å². The predicted molar refractivity (Wildman–Crippen MR) is 41.0 cm³/mol. The van der Waals surface area contributed by atoms with Gasteiger partial charge in [-0.05, 0) is 32.6 Å². The van der Waals surface area contributed by atoms with Gasteiger partial charge in [-0.1, -0.05) is 6.92 Å². The first-order valence-corrected chi connectivity index (χ1v) is 4.05. The van der Waals surface area contributed by atoms with Crippen molar-refractivity contribution in [3.63, 3.8) is 0 Å². The third-order valence-electron chi connectivity index (χ3n) is 2.61. The van der Waals surface area contributed by atoms with Crippen molar-refractivity contribution >= 4 is 0 Å². The van der Waals surface area contributed by atoms with Gasteiger partial charge in [-0.25, -0.2) is 0 Å². The van der Waals surface area contributed by atoms with Crippen LogP contribution in [-0.4, -0.2) is 0 Å². The summed E-state index contributed by atoms with van der Waals surface area (Å²) in [5.41, 5.74) is 0. The van der Waals surface area contributed by atoms with Gasteiger partial charge in [-0.3, -0.25) is 0 Å². The summed E-state index contributed by atoms with van der Waals surface area (Å²) in [6, 6.07) is 0. The van der Waals surface area contributed by atoms with Crippen LogP contribution in [0.3, 0.4) is 0 Å². The molecule has 2 unspecified atom stereocenters. The molecular weight excluding hydrogens is 108 g/mol. The van der Waals surface area contributed by atoms with Gasteiger partial charge in [0.15, 0.2) is 0 Å². The van der Waals surface area contributed by atoms with E-state index in [9.17, 15) is 0 Å². The highest BCUT2D eigenvalue weighted by Crippen LogP contribution is 2.31. The Morgan fingerprint density at radius 1 is 1.11 bits per heavy atom. The van der Waals surface area contributed by atoms with Crippen LogP contribution in [0, 0.1) is 24.2 Å². The summed E-state index contributed by atoms with van der Waals surface area (Å²) in [6.45, 7) is 7.01. The van der Waals surface area contributed by atoms with Crippen molar-refractivity contribution < 1.29 is 0 Å². The van der Waals surface area contributed by atoms with E-state index in [1.54, 1.807) is 0 Å². The zero-order valence-electron chi connectivity index (χ0n) is 6.72. The summed E-state index contributed by atoms with van der Waals surface area (Å²) in [7, 11) is 0. The smallest absolute Gasteiger partial charge is 0.0582 e. The number of hydrogen-bond donors (Lipinski definition) is 0. The van der Waals surface area contributed by atoms with Gasteiger partial charge < -0.3 is 0 Å². The minimum absolute atomic E-state index is 0.855. The molecule has 0 amide bonds. The molecule has 0 N–H and O–H groups in total. The normalized spacial score (nSPS) is 44.1. The largest absolute Gasteiger partial charge is 0.0977 e. The van der Waals surface area contributed by atoms with Crippen LogP contribution in [0.15, 0.2) is 0 Å². The van der Waals surface area contributed by atoms with E-state index in [0.29, 0.717) is 0 Å². The van der Waals surface area contributed by atoms with Crippen LogP contribution in [0.1, 0.15) is 33.6 Å². The lowest BCUT2D eigenvalue weighted by Crippen LogP contribution is -2.19. The topological polar surface area (TPSA) is 0 Å². The van der Waals surface area contributed by atoms with Crippen LogP contribution in [0.5, 0.6) is 0 Å². The summed E-state index contributed by atoms with van der Waals surface area (Å²) in [5.74, 6) is 2.66. The van der Waals surface area contributed by atoms with Crippen LogP contribution in [-0.2, 0) is 0 Å². The number of hydrogen-bond acceptors (Lipinski definition) is 0. The lowest BCUT2D eigenvalue weighted by atomic mass is 9.77. The van der Waals surface area contributed by atoms with Crippen LogP contribution >= 0.6 is 0 Å². The Balaban J connectivity index is 2.35. The molecule has 0 radical (unpaired) electrons. The molecule has 0 heteroatoms. The first-order valence-electron chi connectivity index (χ1n) is 4.05. The minimum atomic E-state index is 0.855. The first-order chi connectivity index (χ1) is 4.20. The fourth-order valence-corrected chi connectivity index (χ4v) is 1.59. The first kappa shape index (κ1) is 6.98. The van der Waals surface area contributed by atoms with Crippen molar-refractivity contribution in [2.24, 2.45) is 17.8 Å². The molecule has 1 aliphatic rings.